The number of hydrogen-bond donors (Lipinski definition) is 0. The summed E-state index contributed by atoms with van der Waals surface area (Å²) in [6, 6.07) is 9.23. The number of halogens is 1. The number of aryl methyl sites for hydroxylation is 1. The first-order valence-corrected chi connectivity index (χ1v) is 9.82. The van der Waals surface area contributed by atoms with E-state index >= 15 is 0 Å². The molecule has 2 fully saturated rings. The van der Waals surface area contributed by atoms with Gasteiger partial charge in [0.05, 0.1) is 0 Å². The lowest BCUT2D eigenvalue weighted by Crippen LogP contribution is -2.10. The fourth-order valence-corrected chi connectivity index (χ4v) is 3.48. The first-order chi connectivity index (χ1) is 13.1. The lowest BCUT2D eigenvalue weighted by molar-refractivity contribution is -0.134. The average molecular weight is 368 g/mol. The molecule has 2 aliphatic carbocycles. The molecule has 0 aromatic heterocycles. The maximum atomic E-state index is 14.1. The van der Waals surface area contributed by atoms with Crippen LogP contribution in [0.5, 0.6) is 11.5 Å². The Morgan fingerprint density at radius 2 is 1.78 bits per heavy atom. The first-order valence-electron chi connectivity index (χ1n) is 9.82. The van der Waals surface area contributed by atoms with Gasteiger partial charge in [-0.25, -0.2) is 4.39 Å². The highest BCUT2D eigenvalue weighted by Gasteiger charge is 2.30. The van der Waals surface area contributed by atoms with Crippen LogP contribution in [-0.4, -0.2) is 5.97 Å². The number of rotatable bonds is 7. The topological polar surface area (TPSA) is 35.5 Å². The second-order valence-electron chi connectivity index (χ2n) is 7.63. The van der Waals surface area contributed by atoms with Gasteiger partial charge in [-0.2, -0.15) is 0 Å². The molecule has 4 heteroatoms. The van der Waals surface area contributed by atoms with Crippen LogP contribution < -0.4 is 9.47 Å². The van der Waals surface area contributed by atoms with Crippen molar-refractivity contribution in [3.63, 3.8) is 0 Å². The van der Waals surface area contributed by atoms with Gasteiger partial charge in [0.2, 0.25) is 0 Å². The summed E-state index contributed by atoms with van der Waals surface area (Å²) in [5.41, 5.74) is 3.83. The maximum absolute atomic E-state index is 14.1. The minimum atomic E-state index is -0.260. The number of esters is 1. The standard InChI is InChI=1S/C23H25FO3/c1-3-23(25)27-21-6-4-5-17(15-7-8-15)19(21)13-26-22-12-20(24)14(2)11-18(22)16-9-10-16/h4-6,11-12,15-16H,3,7-10,13H2,1-2H3. The van der Waals surface area contributed by atoms with E-state index in [9.17, 15) is 9.18 Å². The molecule has 0 amide bonds. The Hall–Kier alpha value is -2.36. The Kier molecular flexibility index (Phi) is 4.90. The van der Waals surface area contributed by atoms with Crippen LogP contribution in [0, 0.1) is 12.7 Å². The van der Waals surface area contributed by atoms with Crippen LogP contribution in [0.2, 0.25) is 0 Å². The van der Waals surface area contributed by atoms with E-state index in [1.165, 1.54) is 11.6 Å². The number of carbonyl (C=O) groups is 1. The Balaban J connectivity index is 1.63. The average Bonchev–Trinajstić information content (AvgIpc) is 3.55. The molecule has 0 atom stereocenters. The predicted molar refractivity (Wildman–Crippen MR) is 102 cm³/mol. The minimum Gasteiger partial charge on any atom is -0.488 e. The fourth-order valence-electron chi connectivity index (χ4n) is 3.48. The van der Waals surface area contributed by atoms with Crippen LogP contribution in [0.1, 0.15) is 73.1 Å². The van der Waals surface area contributed by atoms with E-state index in [-0.39, 0.29) is 18.4 Å². The maximum Gasteiger partial charge on any atom is 0.310 e. The third kappa shape index (κ3) is 4.00. The summed E-state index contributed by atoms with van der Waals surface area (Å²) >= 11 is 0. The number of benzene rings is 2. The molecule has 2 saturated carbocycles. The summed E-state index contributed by atoms with van der Waals surface area (Å²) in [5, 5.41) is 0. The van der Waals surface area contributed by atoms with Gasteiger partial charge < -0.3 is 9.47 Å². The molecule has 0 spiro atoms. The lowest BCUT2D eigenvalue weighted by atomic mass is 10.0. The van der Waals surface area contributed by atoms with Crippen molar-refractivity contribution >= 4 is 5.97 Å². The molecule has 4 rings (SSSR count). The quantitative estimate of drug-likeness (QED) is 0.459. The molecule has 0 heterocycles. The number of hydrogen-bond acceptors (Lipinski definition) is 3. The Morgan fingerprint density at radius 1 is 1.07 bits per heavy atom. The Bertz CT molecular complexity index is 866. The summed E-state index contributed by atoms with van der Waals surface area (Å²) in [4.78, 5) is 11.8. The molecular weight excluding hydrogens is 343 g/mol. The normalized spacial score (nSPS) is 16.3. The smallest absolute Gasteiger partial charge is 0.310 e. The van der Waals surface area contributed by atoms with Crippen LogP contribution in [0.3, 0.4) is 0 Å². The van der Waals surface area contributed by atoms with E-state index in [1.54, 1.807) is 13.8 Å². The molecule has 2 aliphatic rings. The van der Waals surface area contributed by atoms with Crippen molar-refractivity contribution in [2.45, 2.75) is 64.4 Å². The molecule has 3 nitrogen and oxygen atoms in total. The van der Waals surface area contributed by atoms with Gasteiger partial charge in [-0.05, 0) is 73.3 Å². The summed E-state index contributed by atoms with van der Waals surface area (Å²) in [6.45, 7) is 3.84. The van der Waals surface area contributed by atoms with Crippen LogP contribution in [0.4, 0.5) is 4.39 Å². The van der Waals surface area contributed by atoms with Gasteiger partial charge in [0.15, 0.2) is 0 Å². The van der Waals surface area contributed by atoms with Gasteiger partial charge in [-0.15, -0.1) is 0 Å². The van der Waals surface area contributed by atoms with Crippen molar-refractivity contribution in [3.05, 3.63) is 58.4 Å². The number of ether oxygens (including phenoxy) is 2. The van der Waals surface area contributed by atoms with Gasteiger partial charge in [-0.3, -0.25) is 4.79 Å². The van der Waals surface area contributed by atoms with E-state index in [0.29, 0.717) is 35.3 Å². The second-order valence-corrected chi connectivity index (χ2v) is 7.63. The molecule has 27 heavy (non-hydrogen) atoms. The van der Waals surface area contributed by atoms with Gasteiger partial charge in [0, 0.05) is 18.1 Å². The largest absolute Gasteiger partial charge is 0.488 e. The van der Waals surface area contributed by atoms with E-state index in [2.05, 4.69) is 6.07 Å². The summed E-state index contributed by atoms with van der Waals surface area (Å²) in [7, 11) is 0. The monoisotopic (exact) mass is 368 g/mol. The zero-order valence-corrected chi connectivity index (χ0v) is 15.9. The number of carbonyl (C=O) groups excluding carboxylic acids is 1. The zero-order chi connectivity index (χ0) is 19.0. The Labute approximate surface area is 159 Å². The van der Waals surface area contributed by atoms with E-state index in [0.717, 1.165) is 36.8 Å². The molecule has 0 saturated heterocycles. The van der Waals surface area contributed by atoms with Crippen molar-refractivity contribution in [3.8, 4) is 11.5 Å². The van der Waals surface area contributed by atoms with Gasteiger partial charge in [-0.1, -0.05) is 19.1 Å². The summed E-state index contributed by atoms with van der Waals surface area (Å²) in [6.07, 6.45) is 4.86. The van der Waals surface area contributed by atoms with Crippen LogP contribution in [-0.2, 0) is 11.4 Å². The van der Waals surface area contributed by atoms with E-state index in [4.69, 9.17) is 9.47 Å². The third-order valence-corrected chi connectivity index (χ3v) is 5.38. The molecule has 0 radical (unpaired) electrons. The van der Waals surface area contributed by atoms with E-state index in [1.807, 2.05) is 18.2 Å². The van der Waals surface area contributed by atoms with Crippen LogP contribution in [0.25, 0.3) is 0 Å². The molecular formula is C23H25FO3. The third-order valence-electron chi connectivity index (χ3n) is 5.38. The Morgan fingerprint density at radius 3 is 2.44 bits per heavy atom. The molecule has 0 aliphatic heterocycles. The van der Waals surface area contributed by atoms with Gasteiger partial charge in [0.1, 0.15) is 23.9 Å². The summed E-state index contributed by atoms with van der Waals surface area (Å²) in [5.74, 6) is 1.63. The molecule has 2 aromatic rings. The fraction of sp³-hybridized carbons (Fsp3) is 0.435. The van der Waals surface area contributed by atoms with Crippen LogP contribution >= 0.6 is 0 Å². The van der Waals surface area contributed by atoms with Crippen molar-refractivity contribution in [1.82, 2.24) is 0 Å². The van der Waals surface area contributed by atoms with Crippen molar-refractivity contribution in [1.29, 1.82) is 0 Å². The molecule has 0 N–H and O–H groups in total. The zero-order valence-electron chi connectivity index (χ0n) is 15.9. The molecule has 2 aromatic carbocycles. The highest BCUT2D eigenvalue weighted by Crippen LogP contribution is 2.46. The SMILES string of the molecule is CCC(=O)Oc1cccc(C2CC2)c1COc1cc(F)c(C)cc1C1CC1. The minimum absolute atomic E-state index is 0.248. The molecule has 142 valence electrons. The van der Waals surface area contributed by atoms with Crippen LogP contribution in [0.15, 0.2) is 30.3 Å². The van der Waals surface area contributed by atoms with E-state index < -0.39 is 0 Å². The lowest BCUT2D eigenvalue weighted by Gasteiger charge is -2.17. The predicted octanol–water partition coefficient (Wildman–Crippen LogP) is 5.78. The van der Waals surface area contributed by atoms with Crippen molar-refractivity contribution < 1.29 is 18.7 Å². The highest BCUT2D eigenvalue weighted by molar-refractivity contribution is 5.72. The van der Waals surface area contributed by atoms with Crippen molar-refractivity contribution in [2.24, 2.45) is 0 Å². The first kappa shape index (κ1) is 18.0. The van der Waals surface area contributed by atoms with Gasteiger partial charge in [0.25, 0.3) is 0 Å². The van der Waals surface area contributed by atoms with Crippen molar-refractivity contribution in [2.75, 3.05) is 0 Å². The second kappa shape index (κ2) is 7.34. The van der Waals surface area contributed by atoms with Gasteiger partial charge >= 0.3 is 5.97 Å². The molecule has 0 unspecified atom stereocenters. The molecule has 0 bridgehead atoms. The highest BCUT2D eigenvalue weighted by atomic mass is 19.1. The summed E-state index contributed by atoms with van der Waals surface area (Å²) < 4.78 is 25.8.